The number of hydrogen-bond donors (Lipinski definition) is 1. The minimum absolute atomic E-state index is 0.553. The Bertz CT molecular complexity index is 680. The molecule has 0 saturated heterocycles. The molecule has 19 heavy (non-hydrogen) atoms. The Kier molecular flexibility index (Phi) is 3.33. The van der Waals surface area contributed by atoms with Gasteiger partial charge in [0.2, 0.25) is 5.82 Å². The van der Waals surface area contributed by atoms with E-state index in [9.17, 15) is 0 Å². The van der Waals surface area contributed by atoms with E-state index in [1.807, 2.05) is 11.4 Å². The minimum atomic E-state index is 0.553. The van der Waals surface area contributed by atoms with Crippen LogP contribution in [0.15, 0.2) is 29.9 Å². The van der Waals surface area contributed by atoms with Crippen molar-refractivity contribution in [2.24, 2.45) is 0 Å². The van der Waals surface area contributed by atoms with Gasteiger partial charge in [-0.1, -0.05) is 6.92 Å². The Morgan fingerprint density at radius 2 is 2.00 bits per heavy atom. The number of aromatic nitrogens is 4. The van der Waals surface area contributed by atoms with E-state index in [2.05, 4.69) is 32.2 Å². The molecule has 96 valence electrons. The zero-order valence-electron chi connectivity index (χ0n) is 10.5. The highest BCUT2D eigenvalue weighted by molar-refractivity contribution is 7.16. The fourth-order valence-electron chi connectivity index (χ4n) is 1.75. The maximum absolute atomic E-state index is 4.54. The lowest BCUT2D eigenvalue weighted by molar-refractivity contribution is 0.968. The molecule has 3 aromatic rings. The quantitative estimate of drug-likeness (QED) is 0.790. The van der Waals surface area contributed by atoms with E-state index in [0.29, 0.717) is 11.6 Å². The van der Waals surface area contributed by atoms with Gasteiger partial charge in [0.05, 0.1) is 5.39 Å². The van der Waals surface area contributed by atoms with Crippen molar-refractivity contribution in [2.45, 2.75) is 13.3 Å². The van der Waals surface area contributed by atoms with E-state index in [1.54, 1.807) is 29.8 Å². The summed E-state index contributed by atoms with van der Waals surface area (Å²) in [5, 5.41) is 6.41. The Morgan fingerprint density at radius 1 is 1.16 bits per heavy atom. The summed E-state index contributed by atoms with van der Waals surface area (Å²) in [6.45, 7) is 3.01. The topological polar surface area (TPSA) is 63.6 Å². The normalized spacial score (nSPS) is 10.8. The lowest BCUT2D eigenvalue weighted by atomic mass is 10.3. The fraction of sp³-hybridized carbons (Fsp3) is 0.231. The maximum Gasteiger partial charge on any atom is 0.201 e. The molecular formula is C13H13N5S. The second-order valence-electron chi connectivity index (χ2n) is 4.03. The van der Waals surface area contributed by atoms with E-state index in [0.717, 1.165) is 29.0 Å². The molecule has 3 heterocycles. The standard InChI is InChI=1S/C13H13N5S/c1-2-5-14-10-9-4-8-19-13(9)18-12(17-10)11-15-6-3-7-16-11/h3-4,6-8H,2,5H2,1H3,(H,14,17,18). The van der Waals surface area contributed by atoms with Crippen LogP contribution in [0.25, 0.3) is 21.9 Å². The predicted octanol–water partition coefficient (Wildman–Crippen LogP) is 2.97. The SMILES string of the molecule is CCCNc1nc(-c2ncccn2)nc2sccc12. The van der Waals surface area contributed by atoms with Crippen LogP contribution in [0, 0.1) is 0 Å². The Hall–Kier alpha value is -2.08. The first kappa shape index (κ1) is 12.0. The van der Waals surface area contributed by atoms with Crippen LogP contribution in [0.5, 0.6) is 0 Å². The average Bonchev–Trinajstić information content (AvgIpc) is 2.94. The summed E-state index contributed by atoms with van der Waals surface area (Å²) < 4.78 is 0. The number of fused-ring (bicyclic) bond motifs is 1. The summed E-state index contributed by atoms with van der Waals surface area (Å²) in [6, 6.07) is 3.82. The van der Waals surface area contributed by atoms with E-state index in [-0.39, 0.29) is 0 Å². The Balaban J connectivity index is 2.11. The molecule has 0 spiro atoms. The van der Waals surface area contributed by atoms with Crippen LogP contribution in [0.3, 0.4) is 0 Å². The van der Waals surface area contributed by atoms with Crippen LogP contribution in [0.2, 0.25) is 0 Å². The van der Waals surface area contributed by atoms with Crippen molar-refractivity contribution in [3.05, 3.63) is 29.9 Å². The molecule has 6 heteroatoms. The monoisotopic (exact) mass is 271 g/mol. The van der Waals surface area contributed by atoms with E-state index < -0.39 is 0 Å². The van der Waals surface area contributed by atoms with Crippen LogP contribution < -0.4 is 5.32 Å². The number of nitrogens with one attached hydrogen (secondary N) is 1. The molecule has 0 saturated carbocycles. The molecule has 3 aromatic heterocycles. The summed E-state index contributed by atoms with van der Waals surface area (Å²) in [6.07, 6.45) is 4.44. The van der Waals surface area contributed by atoms with Crippen LogP contribution in [0.4, 0.5) is 5.82 Å². The van der Waals surface area contributed by atoms with E-state index >= 15 is 0 Å². The highest BCUT2D eigenvalue weighted by Crippen LogP contribution is 2.27. The number of nitrogens with zero attached hydrogens (tertiary/aromatic N) is 4. The molecular weight excluding hydrogens is 258 g/mol. The third-order valence-corrected chi connectivity index (χ3v) is 3.44. The molecule has 0 amide bonds. The first-order valence-electron chi connectivity index (χ1n) is 6.15. The van der Waals surface area contributed by atoms with Crippen molar-refractivity contribution in [1.82, 2.24) is 19.9 Å². The smallest absolute Gasteiger partial charge is 0.201 e. The summed E-state index contributed by atoms with van der Waals surface area (Å²) in [7, 11) is 0. The lowest BCUT2D eigenvalue weighted by Gasteiger charge is -2.07. The number of anilines is 1. The van der Waals surface area contributed by atoms with Gasteiger partial charge in [-0.05, 0) is 23.9 Å². The van der Waals surface area contributed by atoms with Gasteiger partial charge in [0.1, 0.15) is 10.6 Å². The van der Waals surface area contributed by atoms with Gasteiger partial charge in [0.25, 0.3) is 0 Å². The van der Waals surface area contributed by atoms with Gasteiger partial charge in [-0.2, -0.15) is 0 Å². The molecule has 0 aromatic carbocycles. The zero-order chi connectivity index (χ0) is 13.1. The fourth-order valence-corrected chi connectivity index (χ4v) is 2.51. The second kappa shape index (κ2) is 5.27. The third kappa shape index (κ3) is 2.39. The van der Waals surface area contributed by atoms with Crippen molar-refractivity contribution in [2.75, 3.05) is 11.9 Å². The largest absolute Gasteiger partial charge is 0.369 e. The minimum Gasteiger partial charge on any atom is -0.369 e. The van der Waals surface area contributed by atoms with Crippen molar-refractivity contribution in [3.63, 3.8) is 0 Å². The zero-order valence-corrected chi connectivity index (χ0v) is 11.3. The van der Waals surface area contributed by atoms with Crippen LogP contribution in [0.1, 0.15) is 13.3 Å². The highest BCUT2D eigenvalue weighted by atomic mass is 32.1. The number of rotatable bonds is 4. The van der Waals surface area contributed by atoms with Crippen molar-refractivity contribution < 1.29 is 0 Å². The molecule has 1 N–H and O–H groups in total. The number of hydrogen-bond acceptors (Lipinski definition) is 6. The highest BCUT2D eigenvalue weighted by Gasteiger charge is 2.11. The third-order valence-electron chi connectivity index (χ3n) is 2.63. The summed E-state index contributed by atoms with van der Waals surface area (Å²) >= 11 is 1.60. The van der Waals surface area contributed by atoms with Gasteiger partial charge < -0.3 is 5.32 Å². The molecule has 0 fully saturated rings. The second-order valence-corrected chi connectivity index (χ2v) is 4.93. The molecule has 0 atom stereocenters. The predicted molar refractivity (Wildman–Crippen MR) is 77.2 cm³/mol. The van der Waals surface area contributed by atoms with E-state index in [1.165, 1.54) is 0 Å². The summed E-state index contributed by atoms with van der Waals surface area (Å²) in [5.74, 6) is 1.97. The maximum atomic E-state index is 4.54. The van der Waals surface area contributed by atoms with Crippen molar-refractivity contribution in [3.8, 4) is 11.6 Å². The Labute approximate surface area is 114 Å². The van der Waals surface area contributed by atoms with Gasteiger partial charge in [0.15, 0.2) is 5.82 Å². The molecule has 0 radical (unpaired) electrons. The average molecular weight is 271 g/mol. The van der Waals surface area contributed by atoms with Crippen LogP contribution in [-0.2, 0) is 0 Å². The molecule has 0 bridgehead atoms. The molecule has 5 nitrogen and oxygen atoms in total. The van der Waals surface area contributed by atoms with Gasteiger partial charge in [-0.15, -0.1) is 11.3 Å². The van der Waals surface area contributed by atoms with Gasteiger partial charge >= 0.3 is 0 Å². The molecule has 0 unspecified atom stereocenters. The first-order chi connectivity index (χ1) is 9.38. The van der Waals surface area contributed by atoms with Crippen molar-refractivity contribution >= 4 is 27.4 Å². The van der Waals surface area contributed by atoms with Crippen LogP contribution >= 0.6 is 11.3 Å². The summed E-state index contributed by atoms with van der Waals surface area (Å²) in [5.41, 5.74) is 0. The molecule has 0 aliphatic heterocycles. The Morgan fingerprint density at radius 3 is 2.79 bits per heavy atom. The molecule has 0 aliphatic carbocycles. The molecule has 3 rings (SSSR count). The van der Waals surface area contributed by atoms with Crippen LogP contribution in [-0.4, -0.2) is 26.5 Å². The van der Waals surface area contributed by atoms with Gasteiger partial charge in [-0.3, -0.25) is 0 Å². The van der Waals surface area contributed by atoms with Gasteiger partial charge in [0, 0.05) is 18.9 Å². The molecule has 0 aliphatic rings. The lowest BCUT2D eigenvalue weighted by Crippen LogP contribution is -2.04. The van der Waals surface area contributed by atoms with Crippen molar-refractivity contribution in [1.29, 1.82) is 0 Å². The summed E-state index contributed by atoms with van der Waals surface area (Å²) in [4.78, 5) is 18.4. The number of thiophene rings is 1. The first-order valence-corrected chi connectivity index (χ1v) is 7.03. The van der Waals surface area contributed by atoms with Gasteiger partial charge in [-0.25, -0.2) is 19.9 Å². The van der Waals surface area contributed by atoms with E-state index in [4.69, 9.17) is 0 Å².